The molecule has 5 nitrogen and oxygen atoms in total. The molecular formula is C28H31N3O2. The molecule has 0 spiro atoms. The first-order valence-corrected chi connectivity index (χ1v) is 11.8. The zero-order valence-electron chi connectivity index (χ0n) is 19.0. The minimum Gasteiger partial charge on any atom is -0.381 e. The van der Waals surface area contributed by atoms with Crippen molar-refractivity contribution >= 4 is 16.8 Å². The molecule has 170 valence electrons. The Hall–Kier alpha value is -3.31. The van der Waals surface area contributed by atoms with Crippen LogP contribution in [-0.2, 0) is 28.0 Å². The lowest BCUT2D eigenvalue weighted by molar-refractivity contribution is -0.124. The first-order chi connectivity index (χ1) is 16.2. The first-order valence-electron chi connectivity index (χ1n) is 11.8. The van der Waals surface area contributed by atoms with Crippen molar-refractivity contribution in [3.63, 3.8) is 0 Å². The van der Waals surface area contributed by atoms with Crippen molar-refractivity contribution in [3.05, 3.63) is 96.4 Å². The summed E-state index contributed by atoms with van der Waals surface area (Å²) in [4.78, 5) is 12.9. The van der Waals surface area contributed by atoms with Crippen LogP contribution in [0.2, 0.25) is 0 Å². The standard InChI is InChI=1S/C28H31N3O2/c32-27(20-28(13-18-33-19-14-28)31-16-6-7-17-31)29-15-12-24-22-30(21-23-8-2-1-3-9-23)26-11-5-4-10-25(24)26/h1-11,16-17,22H,12-15,18-21H2,(H,29,32). The second-order valence-electron chi connectivity index (χ2n) is 8.99. The predicted octanol–water partition coefficient (Wildman–Crippen LogP) is 4.75. The number of nitrogens with zero attached hydrogens (tertiary/aromatic N) is 2. The average molecular weight is 442 g/mol. The smallest absolute Gasteiger partial charge is 0.222 e. The van der Waals surface area contributed by atoms with Crippen LogP contribution in [0.4, 0.5) is 0 Å². The van der Waals surface area contributed by atoms with Gasteiger partial charge in [-0.3, -0.25) is 4.79 Å². The van der Waals surface area contributed by atoms with Gasteiger partial charge in [-0.05, 0) is 48.6 Å². The third-order valence-corrected chi connectivity index (χ3v) is 6.85. The van der Waals surface area contributed by atoms with E-state index in [2.05, 4.69) is 81.6 Å². The second kappa shape index (κ2) is 9.67. The fourth-order valence-corrected chi connectivity index (χ4v) is 5.06. The van der Waals surface area contributed by atoms with E-state index >= 15 is 0 Å². The number of ether oxygens (including phenoxy) is 1. The first kappa shape index (κ1) is 21.5. The Morgan fingerprint density at radius 1 is 0.939 bits per heavy atom. The van der Waals surface area contributed by atoms with Crippen LogP contribution in [0.3, 0.4) is 0 Å². The molecule has 33 heavy (non-hydrogen) atoms. The molecule has 0 unspecified atom stereocenters. The van der Waals surface area contributed by atoms with Crippen molar-refractivity contribution in [2.45, 2.75) is 37.8 Å². The monoisotopic (exact) mass is 441 g/mol. The molecule has 1 aliphatic heterocycles. The second-order valence-corrected chi connectivity index (χ2v) is 8.99. The molecule has 4 aromatic rings. The van der Waals surface area contributed by atoms with Gasteiger partial charge >= 0.3 is 0 Å². The maximum Gasteiger partial charge on any atom is 0.222 e. The van der Waals surface area contributed by atoms with Gasteiger partial charge in [-0.25, -0.2) is 0 Å². The lowest BCUT2D eigenvalue weighted by atomic mass is 9.86. The molecule has 5 rings (SSSR count). The summed E-state index contributed by atoms with van der Waals surface area (Å²) in [5, 5.41) is 4.45. The molecule has 0 radical (unpaired) electrons. The Bertz CT molecular complexity index is 1190. The summed E-state index contributed by atoms with van der Waals surface area (Å²) in [7, 11) is 0. The molecule has 1 aliphatic rings. The van der Waals surface area contributed by atoms with Gasteiger partial charge in [-0.1, -0.05) is 48.5 Å². The van der Waals surface area contributed by atoms with E-state index in [1.54, 1.807) is 0 Å². The number of nitrogens with one attached hydrogen (secondary N) is 1. The molecule has 1 amide bonds. The molecule has 0 saturated carbocycles. The van der Waals surface area contributed by atoms with Gasteiger partial charge in [-0.15, -0.1) is 0 Å². The lowest BCUT2D eigenvalue weighted by Crippen LogP contribution is -2.43. The average Bonchev–Trinajstić information content (AvgIpc) is 3.50. The number of amides is 1. The van der Waals surface area contributed by atoms with Crippen LogP contribution in [0.25, 0.3) is 10.9 Å². The van der Waals surface area contributed by atoms with Crippen LogP contribution in [0, 0.1) is 0 Å². The molecular weight excluding hydrogens is 410 g/mol. The van der Waals surface area contributed by atoms with Crippen LogP contribution < -0.4 is 5.32 Å². The Morgan fingerprint density at radius 3 is 2.45 bits per heavy atom. The summed E-state index contributed by atoms with van der Waals surface area (Å²) in [5.41, 5.74) is 3.60. The Morgan fingerprint density at radius 2 is 1.67 bits per heavy atom. The number of fused-ring (bicyclic) bond motifs is 1. The van der Waals surface area contributed by atoms with Crippen LogP contribution >= 0.6 is 0 Å². The fourth-order valence-electron chi connectivity index (χ4n) is 5.06. The maximum atomic E-state index is 12.9. The number of rotatable bonds is 8. The van der Waals surface area contributed by atoms with Crippen molar-refractivity contribution in [1.82, 2.24) is 14.5 Å². The van der Waals surface area contributed by atoms with Gasteiger partial charge in [0.15, 0.2) is 0 Å². The van der Waals surface area contributed by atoms with E-state index < -0.39 is 0 Å². The number of hydrogen-bond donors (Lipinski definition) is 1. The molecule has 3 heterocycles. The summed E-state index contributed by atoms with van der Waals surface area (Å²) < 4.78 is 10.1. The quantitative estimate of drug-likeness (QED) is 0.429. The van der Waals surface area contributed by atoms with E-state index in [4.69, 9.17) is 4.74 Å². The number of carbonyl (C=O) groups excluding carboxylic acids is 1. The number of para-hydroxylation sites is 1. The number of aromatic nitrogens is 2. The van der Waals surface area contributed by atoms with Gasteiger partial charge in [0.2, 0.25) is 5.91 Å². The summed E-state index contributed by atoms with van der Waals surface area (Å²) in [6.07, 6.45) is 9.41. The zero-order valence-corrected chi connectivity index (χ0v) is 19.0. The third kappa shape index (κ3) is 4.74. The molecule has 1 N–H and O–H groups in total. The van der Waals surface area contributed by atoms with E-state index in [1.807, 2.05) is 18.2 Å². The van der Waals surface area contributed by atoms with Gasteiger partial charge in [-0.2, -0.15) is 0 Å². The fraction of sp³-hybridized carbons (Fsp3) is 0.321. The molecule has 2 aromatic heterocycles. The Kier molecular flexibility index (Phi) is 6.31. The van der Waals surface area contributed by atoms with Crippen LogP contribution in [0.5, 0.6) is 0 Å². The molecule has 5 heteroatoms. The molecule has 1 fully saturated rings. The van der Waals surface area contributed by atoms with Crippen LogP contribution in [0.1, 0.15) is 30.4 Å². The SMILES string of the molecule is O=C(CC1(n2cccc2)CCOCC1)NCCc1cn(Cc2ccccc2)c2ccccc12. The summed E-state index contributed by atoms with van der Waals surface area (Å²) in [6.45, 7) is 2.88. The predicted molar refractivity (Wildman–Crippen MR) is 131 cm³/mol. The largest absolute Gasteiger partial charge is 0.381 e. The van der Waals surface area contributed by atoms with E-state index in [9.17, 15) is 4.79 Å². The Balaban J connectivity index is 1.25. The molecule has 0 bridgehead atoms. The zero-order chi connectivity index (χ0) is 22.5. The highest BCUT2D eigenvalue weighted by atomic mass is 16.5. The van der Waals surface area contributed by atoms with Crippen molar-refractivity contribution in [2.75, 3.05) is 19.8 Å². The summed E-state index contributed by atoms with van der Waals surface area (Å²) >= 11 is 0. The van der Waals surface area contributed by atoms with E-state index in [0.717, 1.165) is 25.8 Å². The maximum absolute atomic E-state index is 12.9. The molecule has 1 saturated heterocycles. The van der Waals surface area contributed by atoms with Gasteiger partial charge in [0.05, 0.1) is 12.0 Å². The molecule has 0 atom stereocenters. The van der Waals surface area contributed by atoms with Crippen LogP contribution in [0.15, 0.2) is 85.3 Å². The number of hydrogen-bond acceptors (Lipinski definition) is 2. The van der Waals surface area contributed by atoms with Crippen molar-refractivity contribution in [2.24, 2.45) is 0 Å². The van der Waals surface area contributed by atoms with Gasteiger partial charge in [0.25, 0.3) is 0 Å². The van der Waals surface area contributed by atoms with Gasteiger partial charge in [0.1, 0.15) is 0 Å². The summed E-state index contributed by atoms with van der Waals surface area (Å²) in [6, 6.07) is 23.1. The number of benzene rings is 2. The van der Waals surface area contributed by atoms with E-state index in [1.165, 1.54) is 22.0 Å². The molecule has 2 aromatic carbocycles. The third-order valence-electron chi connectivity index (χ3n) is 6.85. The van der Waals surface area contributed by atoms with Crippen molar-refractivity contribution < 1.29 is 9.53 Å². The normalized spacial score (nSPS) is 15.5. The number of carbonyl (C=O) groups is 1. The minimum atomic E-state index is -0.183. The van der Waals surface area contributed by atoms with Gasteiger partial charge < -0.3 is 19.2 Å². The minimum absolute atomic E-state index is 0.110. The molecule has 0 aliphatic carbocycles. The topological polar surface area (TPSA) is 48.2 Å². The highest BCUT2D eigenvalue weighted by Crippen LogP contribution is 2.33. The van der Waals surface area contributed by atoms with E-state index in [-0.39, 0.29) is 11.4 Å². The van der Waals surface area contributed by atoms with Gasteiger partial charge in [0, 0.05) is 55.8 Å². The highest BCUT2D eigenvalue weighted by molar-refractivity contribution is 5.84. The summed E-state index contributed by atoms with van der Waals surface area (Å²) in [5.74, 6) is 0.110. The lowest BCUT2D eigenvalue weighted by Gasteiger charge is -2.38. The van der Waals surface area contributed by atoms with Crippen molar-refractivity contribution in [1.29, 1.82) is 0 Å². The highest BCUT2D eigenvalue weighted by Gasteiger charge is 2.36. The Labute approximate surface area is 195 Å². The van der Waals surface area contributed by atoms with Crippen LogP contribution in [-0.4, -0.2) is 34.8 Å². The van der Waals surface area contributed by atoms with Crippen molar-refractivity contribution in [3.8, 4) is 0 Å². The van der Waals surface area contributed by atoms with E-state index in [0.29, 0.717) is 26.2 Å².